The monoisotopic (exact) mass is 279 g/mol. The van der Waals surface area contributed by atoms with E-state index in [1.54, 1.807) is 0 Å². The highest BCUT2D eigenvalue weighted by Gasteiger charge is 2.32. The minimum Gasteiger partial charge on any atom is -0.394 e. The van der Waals surface area contributed by atoms with Gasteiger partial charge >= 0.3 is 0 Å². The van der Waals surface area contributed by atoms with Crippen LogP contribution in [0.15, 0.2) is 6.33 Å². The summed E-state index contributed by atoms with van der Waals surface area (Å²) in [6.45, 7) is 4.29. The number of hydrazine groups is 1. The van der Waals surface area contributed by atoms with Gasteiger partial charge in [-0.05, 0) is 18.8 Å². The molecule has 1 heterocycles. The van der Waals surface area contributed by atoms with Gasteiger partial charge in [0.05, 0.1) is 12.1 Å². The number of nitrogen functional groups attached to an aromatic ring is 1. The maximum Gasteiger partial charge on any atom is 0.148 e. The van der Waals surface area contributed by atoms with Crippen molar-refractivity contribution in [2.45, 2.75) is 57.4 Å². The number of rotatable bonds is 5. The molecule has 0 aromatic carbocycles. The zero-order valence-corrected chi connectivity index (χ0v) is 12.3. The highest BCUT2D eigenvalue weighted by Crippen LogP contribution is 2.35. The van der Waals surface area contributed by atoms with Gasteiger partial charge in [0, 0.05) is 5.56 Å². The third-order valence-corrected chi connectivity index (χ3v) is 4.09. The van der Waals surface area contributed by atoms with Gasteiger partial charge in [-0.1, -0.05) is 33.1 Å². The molecule has 0 saturated heterocycles. The van der Waals surface area contributed by atoms with E-state index in [4.69, 9.17) is 5.84 Å². The van der Waals surface area contributed by atoms with Gasteiger partial charge in [0.2, 0.25) is 0 Å². The Labute approximate surface area is 120 Å². The lowest BCUT2D eigenvalue weighted by atomic mass is 9.82. The number of aliphatic hydroxyl groups is 1. The van der Waals surface area contributed by atoms with E-state index >= 15 is 0 Å². The number of nitrogens with two attached hydrogens (primary N) is 1. The molecule has 0 atom stereocenters. The predicted octanol–water partition coefficient (Wildman–Crippen LogP) is 1.99. The first-order chi connectivity index (χ1) is 9.62. The van der Waals surface area contributed by atoms with Gasteiger partial charge in [-0.2, -0.15) is 0 Å². The first kappa shape index (κ1) is 15.0. The topological polar surface area (TPSA) is 96.1 Å². The molecule has 2 rings (SSSR count). The van der Waals surface area contributed by atoms with Crippen molar-refractivity contribution in [1.82, 2.24) is 9.97 Å². The van der Waals surface area contributed by atoms with Crippen molar-refractivity contribution >= 4 is 11.6 Å². The lowest BCUT2D eigenvalue weighted by Crippen LogP contribution is -2.44. The van der Waals surface area contributed by atoms with Crippen LogP contribution in [0.5, 0.6) is 0 Å². The second-order valence-electron chi connectivity index (χ2n) is 5.91. The Hall–Kier alpha value is -1.40. The molecule has 1 saturated carbocycles. The Kier molecular flexibility index (Phi) is 4.77. The quantitative estimate of drug-likeness (QED) is 0.486. The van der Waals surface area contributed by atoms with E-state index in [-0.39, 0.29) is 18.1 Å². The van der Waals surface area contributed by atoms with Crippen LogP contribution in [0.25, 0.3) is 0 Å². The minimum atomic E-state index is -0.262. The molecule has 5 N–H and O–H groups in total. The van der Waals surface area contributed by atoms with Gasteiger partial charge in [0.25, 0.3) is 0 Å². The molecule has 0 bridgehead atoms. The molecule has 0 radical (unpaired) electrons. The zero-order valence-electron chi connectivity index (χ0n) is 12.3. The maximum atomic E-state index is 9.81. The molecule has 6 nitrogen and oxygen atoms in total. The number of aromatic nitrogens is 2. The van der Waals surface area contributed by atoms with Crippen molar-refractivity contribution in [3.05, 3.63) is 11.9 Å². The van der Waals surface area contributed by atoms with E-state index in [9.17, 15) is 5.11 Å². The molecule has 20 heavy (non-hydrogen) atoms. The molecule has 0 unspecified atom stereocenters. The summed E-state index contributed by atoms with van der Waals surface area (Å²) in [5, 5.41) is 13.3. The van der Waals surface area contributed by atoms with Crippen LogP contribution < -0.4 is 16.6 Å². The molecule has 1 aliphatic rings. The molecule has 112 valence electrons. The van der Waals surface area contributed by atoms with Crippen molar-refractivity contribution in [2.24, 2.45) is 5.84 Å². The molecular formula is C14H25N5O. The first-order valence-electron chi connectivity index (χ1n) is 7.32. The van der Waals surface area contributed by atoms with Crippen molar-refractivity contribution < 1.29 is 5.11 Å². The first-order valence-corrected chi connectivity index (χ1v) is 7.32. The molecule has 1 fully saturated rings. The van der Waals surface area contributed by atoms with Crippen molar-refractivity contribution in [3.63, 3.8) is 0 Å². The third kappa shape index (κ3) is 3.02. The standard InChI is InChI=1S/C14H25N5O/c1-10(2)11-12(16-9-17-13(11)19-15)18-14(8-20)6-4-3-5-7-14/h9-10,20H,3-8,15H2,1-2H3,(H2,16,17,18,19). The van der Waals surface area contributed by atoms with Crippen LogP contribution in [0.4, 0.5) is 11.6 Å². The van der Waals surface area contributed by atoms with Crippen LogP contribution in [-0.2, 0) is 0 Å². The fourth-order valence-corrected chi connectivity index (χ4v) is 2.96. The number of nitrogens with zero attached hydrogens (tertiary/aromatic N) is 2. The van der Waals surface area contributed by atoms with Crippen molar-refractivity contribution in [3.8, 4) is 0 Å². The fraction of sp³-hybridized carbons (Fsp3) is 0.714. The average molecular weight is 279 g/mol. The molecular weight excluding hydrogens is 254 g/mol. The van der Waals surface area contributed by atoms with Crippen LogP contribution >= 0.6 is 0 Å². The molecule has 1 aromatic rings. The molecule has 0 spiro atoms. The highest BCUT2D eigenvalue weighted by atomic mass is 16.3. The minimum absolute atomic E-state index is 0.125. The van der Waals surface area contributed by atoms with E-state index in [0.29, 0.717) is 5.82 Å². The summed E-state index contributed by atoms with van der Waals surface area (Å²) < 4.78 is 0. The number of hydrogen-bond acceptors (Lipinski definition) is 6. The lowest BCUT2D eigenvalue weighted by molar-refractivity contribution is 0.172. The number of aliphatic hydroxyl groups excluding tert-OH is 1. The van der Waals surface area contributed by atoms with E-state index in [2.05, 4.69) is 34.6 Å². The van der Waals surface area contributed by atoms with Crippen molar-refractivity contribution in [1.29, 1.82) is 0 Å². The summed E-state index contributed by atoms with van der Waals surface area (Å²) in [4.78, 5) is 8.54. The van der Waals surface area contributed by atoms with Crippen LogP contribution in [0.1, 0.15) is 57.4 Å². The fourth-order valence-electron chi connectivity index (χ4n) is 2.96. The second-order valence-corrected chi connectivity index (χ2v) is 5.91. The normalized spacial score (nSPS) is 18.1. The highest BCUT2D eigenvalue weighted by molar-refractivity contribution is 5.59. The number of hydrogen-bond donors (Lipinski definition) is 4. The van der Waals surface area contributed by atoms with E-state index in [1.165, 1.54) is 12.7 Å². The van der Waals surface area contributed by atoms with Crippen LogP contribution in [0.3, 0.4) is 0 Å². The number of anilines is 2. The molecule has 1 aliphatic carbocycles. The van der Waals surface area contributed by atoms with Gasteiger partial charge < -0.3 is 15.8 Å². The van der Waals surface area contributed by atoms with Crippen molar-refractivity contribution in [2.75, 3.05) is 17.3 Å². The summed E-state index contributed by atoms with van der Waals surface area (Å²) >= 11 is 0. The Balaban J connectivity index is 2.32. The molecule has 1 aromatic heterocycles. The Morgan fingerprint density at radius 2 is 1.90 bits per heavy atom. The van der Waals surface area contributed by atoms with Gasteiger partial charge in [0.15, 0.2) is 0 Å². The second kappa shape index (κ2) is 6.37. The summed E-state index contributed by atoms with van der Waals surface area (Å²) in [7, 11) is 0. The average Bonchev–Trinajstić information content (AvgIpc) is 2.47. The number of nitrogens with one attached hydrogen (secondary N) is 2. The Bertz CT molecular complexity index is 443. The predicted molar refractivity (Wildman–Crippen MR) is 80.5 cm³/mol. The maximum absolute atomic E-state index is 9.81. The van der Waals surface area contributed by atoms with Gasteiger partial charge in [-0.3, -0.25) is 0 Å². The molecule has 0 aliphatic heterocycles. The summed E-state index contributed by atoms with van der Waals surface area (Å²) in [5.74, 6) is 7.20. The van der Waals surface area contributed by atoms with Gasteiger partial charge in [-0.15, -0.1) is 0 Å². The van der Waals surface area contributed by atoms with Crippen LogP contribution in [0.2, 0.25) is 0 Å². The van der Waals surface area contributed by atoms with Crippen LogP contribution in [-0.4, -0.2) is 27.2 Å². The van der Waals surface area contributed by atoms with E-state index < -0.39 is 0 Å². The summed E-state index contributed by atoms with van der Waals surface area (Å²) in [6, 6.07) is 0. The summed E-state index contributed by atoms with van der Waals surface area (Å²) in [6.07, 6.45) is 6.94. The van der Waals surface area contributed by atoms with Crippen LogP contribution in [0, 0.1) is 0 Å². The van der Waals surface area contributed by atoms with E-state index in [0.717, 1.165) is 37.1 Å². The Morgan fingerprint density at radius 1 is 1.25 bits per heavy atom. The zero-order chi connectivity index (χ0) is 14.6. The SMILES string of the molecule is CC(C)c1c(NN)ncnc1NC1(CO)CCCCC1. The van der Waals surface area contributed by atoms with Gasteiger partial charge in [0.1, 0.15) is 18.0 Å². The van der Waals surface area contributed by atoms with E-state index in [1.807, 2.05) is 0 Å². The molecule has 6 heteroatoms. The summed E-state index contributed by atoms with van der Waals surface area (Å²) in [5.41, 5.74) is 3.34. The van der Waals surface area contributed by atoms with Gasteiger partial charge in [-0.25, -0.2) is 15.8 Å². The Morgan fingerprint density at radius 3 is 2.45 bits per heavy atom. The largest absolute Gasteiger partial charge is 0.394 e. The molecule has 0 amide bonds. The smallest absolute Gasteiger partial charge is 0.148 e. The lowest BCUT2D eigenvalue weighted by Gasteiger charge is -2.37. The third-order valence-electron chi connectivity index (χ3n) is 4.09.